The lowest BCUT2D eigenvalue weighted by Gasteiger charge is -2.56. The number of piperidine rings is 2. The molecule has 0 aromatic carbocycles. The lowest BCUT2D eigenvalue weighted by Crippen LogP contribution is -2.57. The minimum atomic E-state index is 0.791. The van der Waals surface area contributed by atoms with E-state index in [1.54, 1.807) is 12.8 Å². The van der Waals surface area contributed by atoms with Crippen LogP contribution in [0.25, 0.3) is 0 Å². The van der Waals surface area contributed by atoms with Gasteiger partial charge in [0, 0.05) is 6.54 Å². The summed E-state index contributed by atoms with van der Waals surface area (Å²) in [5.74, 6) is 2.15. The molecule has 2 saturated heterocycles. The first-order chi connectivity index (χ1) is 5.89. The van der Waals surface area contributed by atoms with Crippen molar-refractivity contribution in [3.8, 4) is 0 Å². The van der Waals surface area contributed by atoms with Gasteiger partial charge in [0.15, 0.2) is 0 Å². The van der Waals surface area contributed by atoms with Crippen LogP contribution in [-0.4, -0.2) is 13.1 Å². The lowest BCUT2D eigenvalue weighted by molar-refractivity contribution is -0.0381. The Morgan fingerprint density at radius 3 is 2.42 bits per heavy atom. The summed E-state index contributed by atoms with van der Waals surface area (Å²) in [6, 6.07) is 0. The molecule has 2 saturated carbocycles. The molecule has 2 bridgehead atoms. The molecule has 1 nitrogen and oxygen atoms in total. The van der Waals surface area contributed by atoms with E-state index < -0.39 is 0 Å². The van der Waals surface area contributed by atoms with Crippen LogP contribution in [0.2, 0.25) is 0 Å². The van der Waals surface area contributed by atoms with Gasteiger partial charge in [0.05, 0.1) is 0 Å². The maximum Gasteiger partial charge on any atom is 0.00108 e. The highest BCUT2D eigenvalue weighted by molar-refractivity contribution is 5.04. The number of hydrogen-bond donors (Lipinski definition) is 1. The van der Waals surface area contributed by atoms with E-state index in [-0.39, 0.29) is 0 Å². The Balaban J connectivity index is 1.73. The largest absolute Gasteiger partial charge is 0.316 e. The van der Waals surface area contributed by atoms with Gasteiger partial charge >= 0.3 is 0 Å². The molecule has 1 heteroatoms. The Labute approximate surface area is 74.9 Å². The molecule has 0 amide bonds. The Morgan fingerprint density at radius 2 is 1.83 bits per heavy atom. The molecule has 1 N–H and O–H groups in total. The topological polar surface area (TPSA) is 12.0 Å². The second-order valence-electron chi connectivity index (χ2n) is 5.25. The van der Waals surface area contributed by atoms with Gasteiger partial charge in [-0.05, 0) is 49.5 Å². The van der Waals surface area contributed by atoms with Gasteiger partial charge in [0.25, 0.3) is 0 Å². The third-order valence-electron chi connectivity index (χ3n) is 4.52. The van der Waals surface area contributed by atoms with Crippen LogP contribution < -0.4 is 5.32 Å². The summed E-state index contributed by atoms with van der Waals surface area (Å²) in [5.41, 5.74) is 0.791. The maximum absolute atomic E-state index is 3.60. The fraction of sp³-hybridized carbons (Fsp3) is 1.00. The van der Waals surface area contributed by atoms with Crippen molar-refractivity contribution in [2.75, 3.05) is 13.1 Å². The average molecular weight is 165 g/mol. The SMILES string of the molecule is C1CCC(C23CNCC(C2)C3)C1. The van der Waals surface area contributed by atoms with E-state index in [9.17, 15) is 0 Å². The first kappa shape index (κ1) is 7.37. The van der Waals surface area contributed by atoms with Crippen LogP contribution in [0.3, 0.4) is 0 Å². The quantitative estimate of drug-likeness (QED) is 0.628. The highest BCUT2D eigenvalue weighted by Gasteiger charge is 2.51. The van der Waals surface area contributed by atoms with Crippen molar-refractivity contribution >= 4 is 0 Å². The molecule has 2 aliphatic heterocycles. The molecule has 0 radical (unpaired) electrons. The summed E-state index contributed by atoms with van der Waals surface area (Å²) in [6.45, 7) is 2.66. The minimum Gasteiger partial charge on any atom is -0.316 e. The summed E-state index contributed by atoms with van der Waals surface area (Å²) < 4.78 is 0. The van der Waals surface area contributed by atoms with Gasteiger partial charge in [-0.3, -0.25) is 0 Å². The molecule has 2 heterocycles. The van der Waals surface area contributed by atoms with Crippen LogP contribution in [-0.2, 0) is 0 Å². The number of fused-ring (bicyclic) bond motifs is 2. The molecule has 0 aromatic heterocycles. The zero-order valence-electron chi connectivity index (χ0n) is 7.81. The molecule has 2 aliphatic carbocycles. The van der Waals surface area contributed by atoms with Crippen LogP contribution in [0.1, 0.15) is 38.5 Å². The second kappa shape index (κ2) is 2.47. The van der Waals surface area contributed by atoms with Crippen LogP contribution in [0.15, 0.2) is 0 Å². The average Bonchev–Trinajstić information content (AvgIpc) is 2.55. The molecule has 0 atom stereocenters. The van der Waals surface area contributed by atoms with Gasteiger partial charge in [-0.1, -0.05) is 12.8 Å². The molecule has 4 fully saturated rings. The van der Waals surface area contributed by atoms with Crippen molar-refractivity contribution in [3.63, 3.8) is 0 Å². The smallest absolute Gasteiger partial charge is 0.00108 e. The molecule has 4 aliphatic rings. The molecule has 4 rings (SSSR count). The summed E-state index contributed by atoms with van der Waals surface area (Å²) >= 11 is 0. The van der Waals surface area contributed by atoms with Gasteiger partial charge in [0.2, 0.25) is 0 Å². The van der Waals surface area contributed by atoms with E-state index in [1.165, 1.54) is 38.8 Å². The van der Waals surface area contributed by atoms with Crippen molar-refractivity contribution in [2.24, 2.45) is 17.3 Å². The molecular weight excluding hydrogens is 146 g/mol. The summed E-state index contributed by atoms with van der Waals surface area (Å²) in [6.07, 6.45) is 9.21. The predicted molar refractivity (Wildman–Crippen MR) is 50.0 cm³/mol. The summed E-state index contributed by atoms with van der Waals surface area (Å²) in [7, 11) is 0. The van der Waals surface area contributed by atoms with Gasteiger partial charge in [-0.25, -0.2) is 0 Å². The zero-order chi connectivity index (χ0) is 8.02. The third-order valence-corrected chi connectivity index (χ3v) is 4.52. The number of hydrogen-bond acceptors (Lipinski definition) is 1. The van der Waals surface area contributed by atoms with E-state index >= 15 is 0 Å². The van der Waals surface area contributed by atoms with Crippen LogP contribution in [0.4, 0.5) is 0 Å². The van der Waals surface area contributed by atoms with Crippen LogP contribution in [0.5, 0.6) is 0 Å². The highest BCUT2D eigenvalue weighted by Crippen LogP contribution is 2.56. The van der Waals surface area contributed by atoms with Crippen molar-refractivity contribution in [3.05, 3.63) is 0 Å². The number of rotatable bonds is 1. The first-order valence-corrected chi connectivity index (χ1v) is 5.60. The molecule has 0 unspecified atom stereocenters. The van der Waals surface area contributed by atoms with Gasteiger partial charge < -0.3 is 5.32 Å². The maximum atomic E-state index is 3.60. The second-order valence-corrected chi connectivity index (χ2v) is 5.25. The summed E-state index contributed by atoms with van der Waals surface area (Å²) in [5, 5.41) is 3.60. The van der Waals surface area contributed by atoms with Gasteiger partial charge in [-0.15, -0.1) is 0 Å². The third kappa shape index (κ3) is 0.891. The Bertz CT molecular complexity index is 170. The van der Waals surface area contributed by atoms with Crippen LogP contribution in [0, 0.1) is 17.3 Å². The molecule has 12 heavy (non-hydrogen) atoms. The molecule has 0 spiro atoms. The normalized spacial score (nSPS) is 47.5. The molecule has 68 valence electrons. The fourth-order valence-corrected chi connectivity index (χ4v) is 3.92. The van der Waals surface area contributed by atoms with E-state index in [1.807, 2.05) is 0 Å². The standard InChI is InChI=1S/C11H19N/c1-2-4-10(3-1)11-5-9(6-11)7-12-8-11/h9-10,12H,1-8H2. The van der Waals surface area contributed by atoms with Crippen LogP contribution >= 0.6 is 0 Å². The van der Waals surface area contributed by atoms with Crippen molar-refractivity contribution in [1.82, 2.24) is 5.32 Å². The number of nitrogens with one attached hydrogen (secondary N) is 1. The van der Waals surface area contributed by atoms with Crippen molar-refractivity contribution < 1.29 is 0 Å². The van der Waals surface area contributed by atoms with E-state index in [4.69, 9.17) is 0 Å². The highest BCUT2D eigenvalue weighted by atomic mass is 14.9. The molecular formula is C11H19N. The fourth-order valence-electron chi connectivity index (χ4n) is 3.92. The Hall–Kier alpha value is -0.0400. The predicted octanol–water partition coefficient (Wildman–Crippen LogP) is 2.18. The first-order valence-electron chi connectivity index (χ1n) is 5.60. The lowest BCUT2D eigenvalue weighted by atomic mass is 9.53. The van der Waals surface area contributed by atoms with Crippen molar-refractivity contribution in [1.29, 1.82) is 0 Å². The Kier molecular flexibility index (Phi) is 1.52. The van der Waals surface area contributed by atoms with E-state index in [2.05, 4.69) is 5.32 Å². The minimum absolute atomic E-state index is 0.791. The Morgan fingerprint density at radius 1 is 1.08 bits per heavy atom. The molecule has 0 aromatic rings. The van der Waals surface area contributed by atoms with Gasteiger partial charge in [0.1, 0.15) is 0 Å². The zero-order valence-corrected chi connectivity index (χ0v) is 7.81. The van der Waals surface area contributed by atoms with Crippen molar-refractivity contribution in [2.45, 2.75) is 38.5 Å². The van der Waals surface area contributed by atoms with E-state index in [0.717, 1.165) is 17.3 Å². The monoisotopic (exact) mass is 165 g/mol. The summed E-state index contributed by atoms with van der Waals surface area (Å²) in [4.78, 5) is 0. The van der Waals surface area contributed by atoms with E-state index in [0.29, 0.717) is 0 Å². The van der Waals surface area contributed by atoms with Gasteiger partial charge in [-0.2, -0.15) is 0 Å².